The number of aliphatic hydroxyl groups excluding tert-OH is 1. The zero-order valence-corrected chi connectivity index (χ0v) is 12.2. The molecular formula is C16H23NO3. The Labute approximate surface area is 120 Å². The zero-order chi connectivity index (χ0) is 14.6. The summed E-state index contributed by atoms with van der Waals surface area (Å²) in [6.45, 7) is 8.68. The number of nitrogens with one attached hydrogen (secondary N) is 1. The Balaban J connectivity index is 1.97. The fourth-order valence-corrected chi connectivity index (χ4v) is 2.17. The van der Waals surface area contributed by atoms with E-state index in [9.17, 15) is 5.11 Å². The molecule has 0 aromatic heterocycles. The highest BCUT2D eigenvalue weighted by atomic mass is 16.7. The normalized spacial score (nSPS) is 15.2. The van der Waals surface area contributed by atoms with Crippen LogP contribution < -0.4 is 14.8 Å². The maximum Gasteiger partial charge on any atom is 0.231 e. The lowest BCUT2D eigenvalue weighted by Crippen LogP contribution is -2.41. The number of aliphatic hydroxyl groups is 1. The molecule has 1 atom stereocenters. The fraction of sp³-hybridized carbons (Fsp3) is 0.500. The summed E-state index contributed by atoms with van der Waals surface area (Å²) in [5, 5.41) is 13.3. The Bertz CT molecular complexity index is 471. The predicted molar refractivity (Wildman–Crippen MR) is 79.0 cm³/mol. The first-order chi connectivity index (χ1) is 9.53. The van der Waals surface area contributed by atoms with Gasteiger partial charge in [0.1, 0.15) is 0 Å². The van der Waals surface area contributed by atoms with E-state index in [-0.39, 0.29) is 18.4 Å². The molecule has 110 valence electrons. The molecule has 4 heteroatoms. The summed E-state index contributed by atoms with van der Waals surface area (Å²) in [6, 6.07) is 5.94. The van der Waals surface area contributed by atoms with Crippen LogP contribution in [0.4, 0.5) is 0 Å². The van der Waals surface area contributed by atoms with E-state index in [1.54, 1.807) is 0 Å². The lowest BCUT2D eigenvalue weighted by Gasteiger charge is -2.28. The molecule has 20 heavy (non-hydrogen) atoms. The van der Waals surface area contributed by atoms with E-state index in [1.165, 1.54) is 0 Å². The fourth-order valence-electron chi connectivity index (χ4n) is 2.17. The van der Waals surface area contributed by atoms with Gasteiger partial charge in [0.15, 0.2) is 11.5 Å². The molecule has 0 fully saturated rings. The van der Waals surface area contributed by atoms with Gasteiger partial charge in [0.2, 0.25) is 6.79 Å². The molecule has 2 N–H and O–H groups in total. The van der Waals surface area contributed by atoms with Gasteiger partial charge in [0.05, 0.1) is 6.10 Å². The first kappa shape index (κ1) is 14.9. The van der Waals surface area contributed by atoms with E-state index in [0.29, 0.717) is 6.54 Å². The Morgan fingerprint density at radius 1 is 1.40 bits per heavy atom. The molecule has 1 aromatic rings. The van der Waals surface area contributed by atoms with E-state index in [1.807, 2.05) is 24.3 Å². The summed E-state index contributed by atoms with van der Waals surface area (Å²) < 4.78 is 10.7. The van der Waals surface area contributed by atoms with Gasteiger partial charge in [0.25, 0.3) is 0 Å². The van der Waals surface area contributed by atoms with E-state index >= 15 is 0 Å². The van der Waals surface area contributed by atoms with Crippen molar-refractivity contribution in [2.24, 2.45) is 0 Å². The number of hydrogen-bond acceptors (Lipinski definition) is 4. The molecule has 1 aliphatic rings. The van der Waals surface area contributed by atoms with Gasteiger partial charge in [0, 0.05) is 12.1 Å². The molecule has 1 aliphatic heterocycles. The van der Waals surface area contributed by atoms with Crippen molar-refractivity contribution in [1.29, 1.82) is 0 Å². The average molecular weight is 277 g/mol. The van der Waals surface area contributed by atoms with Crippen molar-refractivity contribution in [2.45, 2.75) is 38.3 Å². The minimum absolute atomic E-state index is 0.240. The maximum absolute atomic E-state index is 9.89. The van der Waals surface area contributed by atoms with Crippen LogP contribution in [0, 0.1) is 0 Å². The minimum atomic E-state index is -0.360. The molecule has 2 rings (SSSR count). The third-order valence-electron chi connectivity index (χ3n) is 3.58. The van der Waals surface area contributed by atoms with Crippen molar-refractivity contribution in [2.75, 3.05) is 13.3 Å². The van der Waals surface area contributed by atoms with Crippen LogP contribution in [0.1, 0.15) is 32.3 Å². The SMILES string of the molecule is C=CCCC(O)CNC(C)(C)c1ccc2c(c1)OCO2. The number of benzene rings is 1. The number of allylic oxidation sites excluding steroid dienone is 1. The van der Waals surface area contributed by atoms with Crippen LogP contribution in [0.15, 0.2) is 30.9 Å². The van der Waals surface area contributed by atoms with Crippen LogP contribution in [0.25, 0.3) is 0 Å². The van der Waals surface area contributed by atoms with Gasteiger partial charge >= 0.3 is 0 Å². The Morgan fingerprint density at radius 3 is 2.90 bits per heavy atom. The Kier molecular flexibility index (Phi) is 4.68. The van der Waals surface area contributed by atoms with Crippen molar-refractivity contribution in [3.63, 3.8) is 0 Å². The largest absolute Gasteiger partial charge is 0.454 e. The molecular weight excluding hydrogens is 254 g/mol. The summed E-state index contributed by atoms with van der Waals surface area (Å²) in [6.07, 6.45) is 3.02. The molecule has 0 radical (unpaired) electrons. The number of hydrogen-bond donors (Lipinski definition) is 2. The summed E-state index contributed by atoms with van der Waals surface area (Å²) in [5.41, 5.74) is 0.869. The topological polar surface area (TPSA) is 50.7 Å². The molecule has 0 saturated heterocycles. The van der Waals surface area contributed by atoms with Crippen LogP contribution in [0.2, 0.25) is 0 Å². The van der Waals surface area contributed by atoms with Gasteiger partial charge in [-0.3, -0.25) is 0 Å². The molecule has 1 aromatic carbocycles. The molecule has 4 nitrogen and oxygen atoms in total. The standard InChI is InChI=1S/C16H23NO3/c1-4-5-6-13(18)10-17-16(2,3)12-7-8-14-15(9-12)20-11-19-14/h4,7-9,13,17-18H,1,5-6,10-11H2,2-3H3. The van der Waals surface area contributed by atoms with E-state index in [0.717, 1.165) is 29.9 Å². The Morgan fingerprint density at radius 2 is 2.15 bits per heavy atom. The third-order valence-corrected chi connectivity index (χ3v) is 3.58. The molecule has 0 saturated carbocycles. The number of rotatable bonds is 7. The minimum Gasteiger partial charge on any atom is -0.454 e. The number of fused-ring (bicyclic) bond motifs is 1. The summed E-state index contributed by atoms with van der Waals surface area (Å²) in [5.74, 6) is 1.57. The van der Waals surface area contributed by atoms with Gasteiger partial charge in [-0.05, 0) is 44.4 Å². The highest BCUT2D eigenvalue weighted by molar-refractivity contribution is 5.46. The predicted octanol–water partition coefficient (Wildman–Crippen LogP) is 2.57. The van der Waals surface area contributed by atoms with Crippen LogP contribution >= 0.6 is 0 Å². The highest BCUT2D eigenvalue weighted by Crippen LogP contribution is 2.35. The summed E-state index contributed by atoms with van der Waals surface area (Å²) in [7, 11) is 0. The van der Waals surface area contributed by atoms with E-state index < -0.39 is 0 Å². The van der Waals surface area contributed by atoms with Crippen molar-refractivity contribution in [3.8, 4) is 11.5 Å². The molecule has 1 heterocycles. The van der Waals surface area contributed by atoms with E-state index in [2.05, 4.69) is 25.7 Å². The summed E-state index contributed by atoms with van der Waals surface area (Å²) in [4.78, 5) is 0. The van der Waals surface area contributed by atoms with Crippen LogP contribution in [0.5, 0.6) is 11.5 Å². The van der Waals surface area contributed by atoms with Crippen molar-refractivity contribution in [1.82, 2.24) is 5.32 Å². The molecule has 0 aliphatic carbocycles. The van der Waals surface area contributed by atoms with Gasteiger partial charge < -0.3 is 19.9 Å². The first-order valence-corrected chi connectivity index (χ1v) is 6.97. The smallest absolute Gasteiger partial charge is 0.231 e. The molecule has 0 bridgehead atoms. The second-order valence-corrected chi connectivity index (χ2v) is 5.59. The van der Waals surface area contributed by atoms with Gasteiger partial charge in [-0.25, -0.2) is 0 Å². The molecule has 0 spiro atoms. The number of ether oxygens (including phenoxy) is 2. The van der Waals surface area contributed by atoms with Gasteiger partial charge in [-0.15, -0.1) is 6.58 Å². The maximum atomic E-state index is 9.89. The van der Waals surface area contributed by atoms with Crippen molar-refractivity contribution in [3.05, 3.63) is 36.4 Å². The lowest BCUT2D eigenvalue weighted by atomic mass is 9.93. The Hall–Kier alpha value is -1.52. The molecule has 0 amide bonds. The average Bonchev–Trinajstić information content (AvgIpc) is 2.90. The second kappa shape index (κ2) is 6.29. The van der Waals surface area contributed by atoms with E-state index in [4.69, 9.17) is 9.47 Å². The van der Waals surface area contributed by atoms with Crippen LogP contribution in [0.3, 0.4) is 0 Å². The highest BCUT2D eigenvalue weighted by Gasteiger charge is 2.24. The zero-order valence-electron chi connectivity index (χ0n) is 12.2. The third kappa shape index (κ3) is 3.52. The quantitative estimate of drug-likeness (QED) is 0.752. The van der Waals surface area contributed by atoms with Crippen LogP contribution in [-0.4, -0.2) is 24.5 Å². The lowest BCUT2D eigenvalue weighted by molar-refractivity contribution is 0.150. The first-order valence-electron chi connectivity index (χ1n) is 6.97. The van der Waals surface area contributed by atoms with Gasteiger partial charge in [-0.1, -0.05) is 12.1 Å². The van der Waals surface area contributed by atoms with Gasteiger partial charge in [-0.2, -0.15) is 0 Å². The van der Waals surface area contributed by atoms with Crippen LogP contribution in [-0.2, 0) is 5.54 Å². The molecule has 1 unspecified atom stereocenters. The second-order valence-electron chi connectivity index (χ2n) is 5.59. The monoisotopic (exact) mass is 277 g/mol. The summed E-state index contributed by atoms with van der Waals surface area (Å²) >= 11 is 0. The van der Waals surface area contributed by atoms with Crippen molar-refractivity contribution < 1.29 is 14.6 Å². The van der Waals surface area contributed by atoms with Crippen molar-refractivity contribution >= 4 is 0 Å².